The second-order valence-electron chi connectivity index (χ2n) is 6.15. The molecule has 0 spiro atoms. The Hall–Kier alpha value is -4.25. The Kier molecular flexibility index (Phi) is 7.13. The Bertz CT molecular complexity index is 1160. The van der Waals surface area contributed by atoms with E-state index in [4.69, 9.17) is 16.3 Å². The zero-order chi connectivity index (χ0) is 23.1. The Balaban J connectivity index is 1.86. The van der Waals surface area contributed by atoms with E-state index in [-0.39, 0.29) is 35.1 Å². The number of halogens is 1. The highest BCUT2D eigenvalue weighted by molar-refractivity contribution is 6.30. The van der Waals surface area contributed by atoms with Gasteiger partial charge in [0.25, 0.3) is 5.91 Å². The number of nitrogens with zero attached hydrogens (tertiary/aromatic N) is 3. The molecule has 0 saturated carbocycles. The minimum absolute atomic E-state index is 0.169. The van der Waals surface area contributed by atoms with Gasteiger partial charge in [0.05, 0.1) is 22.8 Å². The number of benzene rings is 2. The second kappa shape index (κ2) is 10.2. The first-order valence-corrected chi connectivity index (χ1v) is 9.63. The lowest BCUT2D eigenvalue weighted by molar-refractivity contribution is -0.383. The van der Waals surface area contributed by atoms with Crippen LogP contribution in [0.3, 0.4) is 0 Å². The molecule has 11 nitrogen and oxygen atoms in total. The quantitative estimate of drug-likeness (QED) is 0.262. The van der Waals surface area contributed by atoms with Gasteiger partial charge in [0.2, 0.25) is 11.6 Å². The number of amides is 1. The molecule has 3 rings (SSSR count). The van der Waals surface area contributed by atoms with Crippen LogP contribution in [0, 0.1) is 10.1 Å². The van der Waals surface area contributed by atoms with Crippen molar-refractivity contribution in [3.05, 3.63) is 81.1 Å². The molecular weight excluding hydrogens is 440 g/mol. The van der Waals surface area contributed by atoms with Crippen LogP contribution in [0.5, 0.6) is 0 Å². The number of nitro groups is 1. The van der Waals surface area contributed by atoms with Gasteiger partial charge in [-0.2, -0.15) is 0 Å². The number of aromatic nitrogens is 2. The Labute approximate surface area is 186 Å². The fraction of sp³-hybridized carbons (Fsp3) is 0.100. The molecule has 1 amide bonds. The summed E-state index contributed by atoms with van der Waals surface area (Å²) < 4.78 is 5.01. The van der Waals surface area contributed by atoms with Crippen LogP contribution in [-0.4, -0.2) is 33.4 Å². The third-order valence-corrected chi connectivity index (χ3v) is 4.33. The Morgan fingerprint density at radius 1 is 1.09 bits per heavy atom. The van der Waals surface area contributed by atoms with Gasteiger partial charge >= 0.3 is 11.7 Å². The van der Waals surface area contributed by atoms with E-state index < -0.39 is 22.5 Å². The molecule has 0 aliphatic rings. The number of hydrogen-bond donors (Lipinski definition) is 3. The fourth-order valence-electron chi connectivity index (χ4n) is 2.63. The number of hydrogen-bond acceptors (Lipinski definition) is 9. The van der Waals surface area contributed by atoms with Gasteiger partial charge in [0.1, 0.15) is 6.33 Å². The van der Waals surface area contributed by atoms with Gasteiger partial charge in [-0.3, -0.25) is 25.8 Å². The van der Waals surface area contributed by atoms with Crippen molar-refractivity contribution in [1.82, 2.24) is 15.4 Å². The standard InChI is InChI=1S/C20H17ClN6O5/c1-2-32-20(29)14-5-3-4-6-15(14)24-17-16(27(30)31)18(23-11-22-17)25-26-19(28)12-7-9-13(21)10-8-12/h3-11H,2H2,1H3,(H,26,28)(H2,22,23,24,25). The number of ether oxygens (including phenoxy) is 1. The first kappa shape index (κ1) is 22.4. The molecule has 0 fully saturated rings. The molecule has 0 aliphatic heterocycles. The number of carbonyl (C=O) groups excluding carboxylic acids is 2. The van der Waals surface area contributed by atoms with E-state index in [1.807, 2.05) is 0 Å². The van der Waals surface area contributed by atoms with Crippen molar-refractivity contribution in [3.8, 4) is 0 Å². The minimum atomic E-state index is -0.716. The average molecular weight is 457 g/mol. The van der Waals surface area contributed by atoms with E-state index in [0.29, 0.717) is 5.02 Å². The van der Waals surface area contributed by atoms with Gasteiger partial charge in [0, 0.05) is 10.6 Å². The summed E-state index contributed by atoms with van der Waals surface area (Å²) in [6, 6.07) is 12.4. The highest BCUT2D eigenvalue weighted by Gasteiger charge is 2.25. The van der Waals surface area contributed by atoms with Gasteiger partial charge < -0.3 is 10.1 Å². The number of carbonyl (C=O) groups is 2. The van der Waals surface area contributed by atoms with E-state index >= 15 is 0 Å². The Morgan fingerprint density at radius 2 is 1.78 bits per heavy atom. The lowest BCUT2D eigenvalue weighted by atomic mass is 10.2. The van der Waals surface area contributed by atoms with Crippen LogP contribution in [-0.2, 0) is 4.74 Å². The monoisotopic (exact) mass is 456 g/mol. The molecule has 3 aromatic rings. The molecule has 2 aromatic carbocycles. The summed E-state index contributed by atoms with van der Waals surface area (Å²) in [6.45, 7) is 1.84. The maximum Gasteiger partial charge on any atom is 0.355 e. The highest BCUT2D eigenvalue weighted by atomic mass is 35.5. The number of anilines is 3. The molecule has 164 valence electrons. The Morgan fingerprint density at radius 3 is 2.47 bits per heavy atom. The highest BCUT2D eigenvalue weighted by Crippen LogP contribution is 2.32. The van der Waals surface area contributed by atoms with Gasteiger partial charge in [-0.25, -0.2) is 14.8 Å². The van der Waals surface area contributed by atoms with Crippen LogP contribution < -0.4 is 16.2 Å². The van der Waals surface area contributed by atoms with Crippen LogP contribution in [0.1, 0.15) is 27.6 Å². The van der Waals surface area contributed by atoms with Crippen molar-refractivity contribution < 1.29 is 19.2 Å². The molecule has 1 aromatic heterocycles. The summed E-state index contributed by atoms with van der Waals surface area (Å²) in [5.41, 5.74) is 4.94. The maximum atomic E-state index is 12.3. The van der Waals surface area contributed by atoms with Crippen molar-refractivity contribution in [2.24, 2.45) is 0 Å². The van der Waals surface area contributed by atoms with Gasteiger partial charge in [-0.1, -0.05) is 23.7 Å². The summed E-state index contributed by atoms with van der Waals surface area (Å²) in [5, 5.41) is 15.0. The molecule has 0 atom stereocenters. The number of nitrogens with one attached hydrogen (secondary N) is 3. The number of esters is 1. The summed E-state index contributed by atoms with van der Waals surface area (Å²) in [7, 11) is 0. The van der Waals surface area contributed by atoms with E-state index in [1.54, 1.807) is 25.1 Å². The summed E-state index contributed by atoms with van der Waals surface area (Å²) in [6.07, 6.45) is 1.07. The predicted octanol–water partition coefficient (Wildman–Crippen LogP) is 3.72. The zero-order valence-corrected chi connectivity index (χ0v) is 17.4. The van der Waals surface area contributed by atoms with Crippen LogP contribution in [0.2, 0.25) is 5.02 Å². The van der Waals surface area contributed by atoms with Crippen LogP contribution in [0.15, 0.2) is 54.9 Å². The normalized spacial score (nSPS) is 10.2. The van der Waals surface area contributed by atoms with Crippen LogP contribution >= 0.6 is 11.6 Å². The van der Waals surface area contributed by atoms with E-state index in [1.165, 1.54) is 30.3 Å². The first-order valence-electron chi connectivity index (χ1n) is 9.25. The molecule has 0 aliphatic carbocycles. The summed E-state index contributed by atoms with van der Waals surface area (Å²) >= 11 is 5.80. The van der Waals surface area contributed by atoms with E-state index in [9.17, 15) is 19.7 Å². The lowest BCUT2D eigenvalue weighted by Crippen LogP contribution is -2.30. The second-order valence-corrected chi connectivity index (χ2v) is 6.59. The number of hydrazine groups is 1. The molecule has 12 heteroatoms. The van der Waals surface area contributed by atoms with Crippen molar-refractivity contribution >= 4 is 46.5 Å². The van der Waals surface area contributed by atoms with Gasteiger partial charge in [-0.05, 0) is 43.3 Å². The fourth-order valence-corrected chi connectivity index (χ4v) is 2.76. The van der Waals surface area contributed by atoms with E-state index in [2.05, 4.69) is 26.1 Å². The average Bonchev–Trinajstić information content (AvgIpc) is 2.78. The third kappa shape index (κ3) is 5.26. The SMILES string of the molecule is CCOC(=O)c1ccccc1Nc1ncnc(NNC(=O)c2ccc(Cl)cc2)c1[N+](=O)[O-]. The molecule has 1 heterocycles. The van der Waals surface area contributed by atoms with Crippen molar-refractivity contribution in [2.45, 2.75) is 6.92 Å². The van der Waals surface area contributed by atoms with E-state index in [0.717, 1.165) is 6.33 Å². The van der Waals surface area contributed by atoms with Gasteiger partial charge in [-0.15, -0.1) is 0 Å². The predicted molar refractivity (Wildman–Crippen MR) is 117 cm³/mol. The number of rotatable bonds is 8. The molecule has 0 unspecified atom stereocenters. The van der Waals surface area contributed by atoms with Gasteiger partial charge in [0.15, 0.2) is 0 Å². The van der Waals surface area contributed by atoms with Crippen LogP contribution in [0.25, 0.3) is 0 Å². The topological polar surface area (TPSA) is 148 Å². The third-order valence-electron chi connectivity index (χ3n) is 4.08. The number of para-hydroxylation sites is 1. The maximum absolute atomic E-state index is 12.3. The van der Waals surface area contributed by atoms with Crippen molar-refractivity contribution in [3.63, 3.8) is 0 Å². The smallest absolute Gasteiger partial charge is 0.355 e. The minimum Gasteiger partial charge on any atom is -0.462 e. The molecule has 0 radical (unpaired) electrons. The molecule has 0 bridgehead atoms. The molecule has 32 heavy (non-hydrogen) atoms. The molecular formula is C20H17ClN6O5. The molecule has 3 N–H and O–H groups in total. The molecule has 0 saturated heterocycles. The largest absolute Gasteiger partial charge is 0.462 e. The van der Waals surface area contributed by atoms with Crippen molar-refractivity contribution in [1.29, 1.82) is 0 Å². The van der Waals surface area contributed by atoms with Crippen LogP contribution in [0.4, 0.5) is 23.0 Å². The summed E-state index contributed by atoms with van der Waals surface area (Å²) in [4.78, 5) is 43.2. The lowest BCUT2D eigenvalue weighted by Gasteiger charge is -2.13. The first-order chi connectivity index (χ1) is 15.4. The summed E-state index contributed by atoms with van der Waals surface area (Å²) in [5.74, 6) is -1.61. The van der Waals surface area contributed by atoms with Crippen molar-refractivity contribution in [2.75, 3.05) is 17.3 Å². The zero-order valence-electron chi connectivity index (χ0n) is 16.7.